The summed E-state index contributed by atoms with van der Waals surface area (Å²) >= 11 is 0. The number of aromatic hydroxyl groups is 2. The van der Waals surface area contributed by atoms with E-state index >= 15 is 0 Å². The molecule has 0 aliphatic carbocycles. The van der Waals surface area contributed by atoms with E-state index in [0.717, 1.165) is 0 Å². The van der Waals surface area contributed by atoms with E-state index < -0.39 is 0 Å². The summed E-state index contributed by atoms with van der Waals surface area (Å²) in [5, 5.41) is 28.4. The fourth-order valence-corrected chi connectivity index (χ4v) is 2.30. The van der Waals surface area contributed by atoms with Crippen molar-refractivity contribution in [2.75, 3.05) is 7.11 Å². The molecule has 0 saturated heterocycles. The molecule has 0 aliphatic heterocycles. The molecule has 0 heterocycles. The minimum absolute atomic E-state index is 0.0402. The lowest BCUT2D eigenvalue weighted by Gasteiger charge is -2.03. The van der Waals surface area contributed by atoms with Crippen molar-refractivity contribution < 1.29 is 29.6 Å². The Labute approximate surface area is 156 Å². The molecular formula is C21H20O6. The van der Waals surface area contributed by atoms with Crippen molar-refractivity contribution >= 4 is 23.7 Å². The van der Waals surface area contributed by atoms with Crippen molar-refractivity contribution in [2.45, 2.75) is 13.0 Å². The Bertz CT molecular complexity index is 822. The number of benzene rings is 2. The molecule has 140 valence electrons. The molecule has 27 heavy (non-hydrogen) atoms. The lowest BCUT2D eigenvalue weighted by Crippen LogP contribution is -2.01. The number of phenolic OH excluding ortho intramolecular Hbond substituents is 1. The maximum atomic E-state index is 11.9. The van der Waals surface area contributed by atoms with Crippen LogP contribution in [0.4, 0.5) is 0 Å². The number of hydrogen-bond acceptors (Lipinski definition) is 6. The number of phenols is 2. The van der Waals surface area contributed by atoms with E-state index in [1.54, 1.807) is 24.3 Å². The van der Waals surface area contributed by atoms with Gasteiger partial charge in [0.25, 0.3) is 0 Å². The Morgan fingerprint density at radius 1 is 0.926 bits per heavy atom. The maximum Gasteiger partial charge on any atom is 0.163 e. The van der Waals surface area contributed by atoms with Gasteiger partial charge in [-0.3, -0.25) is 9.59 Å². The summed E-state index contributed by atoms with van der Waals surface area (Å²) in [7, 11) is 1.44. The molecule has 0 radical (unpaired) electrons. The van der Waals surface area contributed by atoms with Gasteiger partial charge in [0.05, 0.1) is 20.1 Å². The molecule has 0 amide bonds. The van der Waals surface area contributed by atoms with Gasteiger partial charge in [-0.2, -0.15) is 0 Å². The van der Waals surface area contributed by atoms with Crippen LogP contribution in [0.25, 0.3) is 12.2 Å². The van der Waals surface area contributed by atoms with Gasteiger partial charge in [-0.15, -0.1) is 0 Å². The van der Waals surface area contributed by atoms with E-state index in [0.29, 0.717) is 22.4 Å². The average Bonchev–Trinajstić information content (AvgIpc) is 2.65. The van der Waals surface area contributed by atoms with Crippen LogP contribution >= 0.6 is 0 Å². The summed E-state index contributed by atoms with van der Waals surface area (Å²) in [4.78, 5) is 23.8. The highest BCUT2D eigenvalue weighted by Gasteiger charge is 2.05. The molecule has 0 fully saturated rings. The van der Waals surface area contributed by atoms with Gasteiger partial charge < -0.3 is 20.1 Å². The smallest absolute Gasteiger partial charge is 0.163 e. The minimum atomic E-state index is -0.382. The number of allylic oxidation sites excluding steroid dienone is 2. The zero-order chi connectivity index (χ0) is 19.8. The lowest BCUT2D eigenvalue weighted by atomic mass is 10.1. The zero-order valence-electron chi connectivity index (χ0n) is 14.8. The third kappa shape index (κ3) is 5.83. The van der Waals surface area contributed by atoms with Crippen molar-refractivity contribution in [2.24, 2.45) is 0 Å². The number of hydrogen-bond donors (Lipinski definition) is 3. The Hall–Kier alpha value is -3.38. The van der Waals surface area contributed by atoms with Crippen LogP contribution in [0.2, 0.25) is 0 Å². The van der Waals surface area contributed by atoms with Gasteiger partial charge in [0.2, 0.25) is 0 Å². The van der Waals surface area contributed by atoms with Gasteiger partial charge in [-0.1, -0.05) is 30.4 Å². The molecule has 3 N–H and O–H groups in total. The quantitative estimate of drug-likeness (QED) is 0.489. The summed E-state index contributed by atoms with van der Waals surface area (Å²) in [5.74, 6) is -0.529. The van der Waals surface area contributed by atoms with E-state index in [-0.39, 0.29) is 36.1 Å². The molecule has 2 rings (SSSR count). The number of aliphatic hydroxyl groups excluding tert-OH is 1. The molecule has 6 heteroatoms. The van der Waals surface area contributed by atoms with Crippen molar-refractivity contribution in [3.05, 3.63) is 65.2 Å². The normalized spacial score (nSPS) is 11.2. The van der Waals surface area contributed by atoms with Gasteiger partial charge >= 0.3 is 0 Å². The van der Waals surface area contributed by atoms with Crippen molar-refractivity contribution in [3.63, 3.8) is 0 Å². The molecular weight excluding hydrogens is 348 g/mol. The predicted molar refractivity (Wildman–Crippen MR) is 101 cm³/mol. The van der Waals surface area contributed by atoms with Crippen molar-refractivity contribution in [1.29, 1.82) is 0 Å². The van der Waals surface area contributed by atoms with E-state index in [1.807, 2.05) is 0 Å². The molecule has 2 aromatic carbocycles. The zero-order valence-corrected chi connectivity index (χ0v) is 14.8. The first-order valence-corrected chi connectivity index (χ1v) is 8.14. The van der Waals surface area contributed by atoms with Gasteiger partial charge in [-0.05, 0) is 41.5 Å². The Morgan fingerprint density at radius 2 is 1.48 bits per heavy atom. The van der Waals surface area contributed by atoms with Crippen LogP contribution in [-0.2, 0) is 16.2 Å². The van der Waals surface area contributed by atoms with Crippen LogP contribution in [0.1, 0.15) is 23.1 Å². The predicted octanol–water partition coefficient (Wildman–Crippen LogP) is 2.85. The van der Waals surface area contributed by atoms with E-state index in [9.17, 15) is 19.8 Å². The molecule has 0 spiro atoms. The first kappa shape index (κ1) is 19.9. The van der Waals surface area contributed by atoms with Crippen molar-refractivity contribution in [1.82, 2.24) is 0 Å². The van der Waals surface area contributed by atoms with Crippen LogP contribution in [0.5, 0.6) is 17.2 Å². The molecule has 2 aromatic rings. The molecule has 0 bridgehead atoms. The second-order valence-electron chi connectivity index (χ2n) is 5.75. The summed E-state index contributed by atoms with van der Waals surface area (Å²) in [6.07, 6.45) is 5.23. The number of aliphatic hydroxyl groups is 1. The van der Waals surface area contributed by atoms with Crippen LogP contribution < -0.4 is 4.74 Å². The highest BCUT2D eigenvalue weighted by molar-refractivity contribution is 6.10. The fraction of sp³-hybridized carbons (Fsp3) is 0.143. The fourth-order valence-electron chi connectivity index (χ4n) is 2.30. The lowest BCUT2D eigenvalue weighted by molar-refractivity contribution is -0.121. The van der Waals surface area contributed by atoms with Crippen molar-refractivity contribution in [3.8, 4) is 17.2 Å². The first-order chi connectivity index (χ1) is 12.9. The Morgan fingerprint density at radius 3 is 1.96 bits per heavy atom. The van der Waals surface area contributed by atoms with E-state index in [4.69, 9.17) is 9.84 Å². The highest BCUT2D eigenvalue weighted by Crippen LogP contribution is 2.26. The number of methoxy groups -OCH3 is 1. The van der Waals surface area contributed by atoms with Crippen LogP contribution in [-0.4, -0.2) is 34.0 Å². The number of carbonyl (C=O) groups excluding carboxylic acids is 2. The van der Waals surface area contributed by atoms with Gasteiger partial charge in [0, 0.05) is 5.56 Å². The van der Waals surface area contributed by atoms with Crippen LogP contribution in [0, 0.1) is 0 Å². The largest absolute Gasteiger partial charge is 0.508 e. The molecule has 0 atom stereocenters. The van der Waals surface area contributed by atoms with Gasteiger partial charge in [0.1, 0.15) is 5.75 Å². The Balaban J connectivity index is 1.94. The topological polar surface area (TPSA) is 104 Å². The number of ether oxygens (including phenoxy) is 1. The molecule has 0 aliphatic rings. The standard InChI is InChI=1S/C21H20O6/c1-27-21-9-5-15(11-20(21)26)4-8-18(24)12-17(23)7-3-14-2-6-16(13-22)19(25)10-14/h2-11,22,25-26H,12-13H2,1H3. The Kier molecular flexibility index (Phi) is 6.91. The maximum absolute atomic E-state index is 11.9. The summed E-state index contributed by atoms with van der Waals surface area (Å²) in [5.41, 5.74) is 1.57. The third-order valence-corrected chi connectivity index (χ3v) is 3.75. The van der Waals surface area contributed by atoms with Gasteiger partial charge in [-0.25, -0.2) is 0 Å². The van der Waals surface area contributed by atoms with Crippen LogP contribution in [0.15, 0.2) is 48.6 Å². The third-order valence-electron chi connectivity index (χ3n) is 3.75. The number of ketones is 2. The molecule has 0 aromatic heterocycles. The highest BCUT2D eigenvalue weighted by atomic mass is 16.5. The molecule has 6 nitrogen and oxygen atoms in total. The average molecular weight is 368 g/mol. The number of rotatable bonds is 8. The van der Waals surface area contributed by atoms with Crippen LogP contribution in [0.3, 0.4) is 0 Å². The molecule has 0 unspecified atom stereocenters. The SMILES string of the molecule is COc1ccc(C=CC(=O)CC(=O)C=Cc2ccc(CO)c(O)c2)cc1O. The summed E-state index contributed by atoms with van der Waals surface area (Å²) in [6, 6.07) is 9.32. The minimum Gasteiger partial charge on any atom is -0.508 e. The second kappa shape index (κ2) is 9.35. The second-order valence-corrected chi connectivity index (χ2v) is 5.75. The van der Waals surface area contributed by atoms with E-state index in [2.05, 4.69) is 0 Å². The summed E-state index contributed by atoms with van der Waals surface area (Å²) in [6.45, 7) is -0.276. The summed E-state index contributed by atoms with van der Waals surface area (Å²) < 4.78 is 4.94. The monoisotopic (exact) mass is 368 g/mol. The van der Waals surface area contributed by atoms with E-state index in [1.165, 1.54) is 43.5 Å². The van der Waals surface area contributed by atoms with Gasteiger partial charge in [0.15, 0.2) is 23.1 Å². The number of carbonyl (C=O) groups is 2. The molecule has 0 saturated carbocycles. The first-order valence-electron chi connectivity index (χ1n) is 8.14.